The molecule has 0 atom stereocenters. The average Bonchev–Trinajstić information content (AvgIpc) is 3.46. The fraction of sp³-hybridized carbons (Fsp3) is 0.304. The Labute approximate surface area is 184 Å². The highest BCUT2D eigenvalue weighted by molar-refractivity contribution is 6.15. The Bertz CT molecular complexity index is 1410. The van der Waals surface area contributed by atoms with Crippen molar-refractivity contribution in [3.8, 4) is 11.3 Å². The number of amides is 1. The van der Waals surface area contributed by atoms with Gasteiger partial charge >= 0.3 is 0 Å². The third-order valence-corrected chi connectivity index (χ3v) is 6.15. The van der Waals surface area contributed by atoms with Crippen LogP contribution in [0.15, 0.2) is 41.9 Å². The second kappa shape index (κ2) is 7.08. The molecule has 4 aromatic heterocycles. The van der Waals surface area contributed by atoms with E-state index in [1.54, 1.807) is 11.1 Å². The van der Waals surface area contributed by atoms with Gasteiger partial charge in [-0.1, -0.05) is 0 Å². The van der Waals surface area contributed by atoms with Crippen LogP contribution in [0.3, 0.4) is 0 Å². The molecule has 6 rings (SSSR count). The summed E-state index contributed by atoms with van der Waals surface area (Å²) in [6.45, 7) is 3.65. The monoisotopic (exact) mass is 426 g/mol. The van der Waals surface area contributed by atoms with Gasteiger partial charge in [0.05, 0.1) is 41.6 Å². The largest absolute Gasteiger partial charge is 0.340 e. The van der Waals surface area contributed by atoms with Crippen molar-refractivity contribution in [2.45, 2.75) is 39.4 Å². The number of pyridine rings is 1. The lowest BCUT2D eigenvalue weighted by Gasteiger charge is -2.17. The van der Waals surface area contributed by atoms with Crippen molar-refractivity contribution in [1.82, 2.24) is 34.0 Å². The van der Waals surface area contributed by atoms with E-state index >= 15 is 0 Å². The minimum atomic E-state index is 0.0810. The van der Waals surface area contributed by atoms with Crippen LogP contribution < -0.4 is 0 Å². The lowest BCUT2D eigenvalue weighted by Crippen LogP contribution is -2.26. The van der Waals surface area contributed by atoms with Gasteiger partial charge in [-0.15, -0.1) is 0 Å². The van der Waals surface area contributed by atoms with E-state index in [1.807, 2.05) is 47.7 Å². The van der Waals surface area contributed by atoms with Crippen molar-refractivity contribution in [3.63, 3.8) is 0 Å². The van der Waals surface area contributed by atoms with Crippen LogP contribution in [0.4, 0.5) is 0 Å². The van der Waals surface area contributed by atoms with E-state index in [0.29, 0.717) is 31.8 Å². The number of fused-ring (bicyclic) bond motifs is 8. The van der Waals surface area contributed by atoms with Crippen molar-refractivity contribution in [3.05, 3.63) is 65.1 Å². The molecule has 0 spiro atoms. The van der Waals surface area contributed by atoms with E-state index in [-0.39, 0.29) is 5.91 Å². The smallest absolute Gasteiger partial charge is 0.234 e. The highest BCUT2D eigenvalue weighted by Gasteiger charge is 2.25. The Hall–Kier alpha value is -3.88. The molecule has 0 N–H and O–H groups in total. The Morgan fingerprint density at radius 1 is 1.12 bits per heavy atom. The molecule has 9 nitrogen and oxygen atoms in total. The number of imidazole rings is 1. The first-order valence-corrected chi connectivity index (χ1v) is 10.7. The first-order chi connectivity index (χ1) is 15.6. The summed E-state index contributed by atoms with van der Waals surface area (Å²) in [4.78, 5) is 33.2. The number of carbonyl (C=O) groups is 1. The lowest BCUT2D eigenvalue weighted by molar-refractivity contribution is -0.130. The van der Waals surface area contributed by atoms with Crippen molar-refractivity contribution >= 4 is 17.4 Å². The summed E-state index contributed by atoms with van der Waals surface area (Å²) >= 11 is 0. The van der Waals surface area contributed by atoms with E-state index < -0.39 is 0 Å². The van der Waals surface area contributed by atoms with E-state index in [1.165, 1.54) is 0 Å². The standard InChI is InChI=1S/C23H22N8O/c1-14-17-12-30(28-14)7-3-5-20(32)29(2)13-19-22(31-8-4-6-24-23(31)27-19)15-9-16-18(25-10-15)11-26-21(16)17/h4,6,8-10,12H,3,5,7,11,13H2,1-2H3. The fourth-order valence-electron chi connectivity index (χ4n) is 4.53. The summed E-state index contributed by atoms with van der Waals surface area (Å²) in [5.74, 6) is 0.684. The second-order valence-corrected chi connectivity index (χ2v) is 8.32. The fourth-order valence-corrected chi connectivity index (χ4v) is 4.53. The van der Waals surface area contributed by atoms with E-state index in [2.05, 4.69) is 16.1 Å². The van der Waals surface area contributed by atoms with Crippen LogP contribution in [-0.4, -0.2) is 52.7 Å². The molecule has 2 aliphatic rings. The van der Waals surface area contributed by atoms with Gasteiger partial charge in [-0.2, -0.15) is 5.10 Å². The highest BCUT2D eigenvalue weighted by Crippen LogP contribution is 2.31. The molecule has 160 valence electrons. The molecular formula is C23H22N8O. The lowest BCUT2D eigenvalue weighted by atomic mass is 10.0. The molecule has 9 heteroatoms. The van der Waals surface area contributed by atoms with Gasteiger partial charge in [0.2, 0.25) is 11.7 Å². The van der Waals surface area contributed by atoms with Crippen molar-refractivity contribution in [2.24, 2.45) is 4.99 Å². The van der Waals surface area contributed by atoms with Crippen molar-refractivity contribution in [2.75, 3.05) is 7.05 Å². The Kier molecular flexibility index (Phi) is 4.17. The maximum Gasteiger partial charge on any atom is 0.234 e. The number of rotatable bonds is 0. The Balaban J connectivity index is 1.58. The van der Waals surface area contributed by atoms with Crippen LogP contribution in [0.25, 0.3) is 17.0 Å². The zero-order chi connectivity index (χ0) is 21.8. The van der Waals surface area contributed by atoms with Crippen molar-refractivity contribution in [1.29, 1.82) is 0 Å². The van der Waals surface area contributed by atoms with E-state index in [9.17, 15) is 4.79 Å². The van der Waals surface area contributed by atoms with Gasteiger partial charge in [0.15, 0.2) is 0 Å². The van der Waals surface area contributed by atoms with Gasteiger partial charge in [-0.05, 0) is 25.5 Å². The van der Waals surface area contributed by atoms with Crippen LogP contribution in [0, 0.1) is 6.92 Å². The van der Waals surface area contributed by atoms with E-state index in [0.717, 1.165) is 51.6 Å². The molecule has 32 heavy (non-hydrogen) atoms. The summed E-state index contributed by atoms with van der Waals surface area (Å²) in [5, 5.41) is 4.66. The number of nitrogens with zero attached hydrogens (tertiary/aromatic N) is 8. The van der Waals surface area contributed by atoms with Gasteiger partial charge in [0.1, 0.15) is 0 Å². The zero-order valence-corrected chi connectivity index (χ0v) is 18.0. The average molecular weight is 426 g/mol. The minimum Gasteiger partial charge on any atom is -0.340 e. The molecule has 0 radical (unpaired) electrons. The molecule has 0 saturated carbocycles. The van der Waals surface area contributed by atoms with Crippen LogP contribution in [0.5, 0.6) is 0 Å². The first kappa shape index (κ1) is 18.9. The molecular weight excluding hydrogens is 404 g/mol. The topological polar surface area (TPSA) is 93.6 Å². The molecule has 0 saturated heterocycles. The summed E-state index contributed by atoms with van der Waals surface area (Å²) in [7, 11) is 1.82. The minimum absolute atomic E-state index is 0.0810. The van der Waals surface area contributed by atoms with Crippen LogP contribution in [-0.2, 0) is 24.4 Å². The maximum absolute atomic E-state index is 12.8. The quantitative estimate of drug-likeness (QED) is 0.430. The third kappa shape index (κ3) is 2.92. The predicted molar refractivity (Wildman–Crippen MR) is 118 cm³/mol. The number of aliphatic imine (C=N–C) groups is 1. The molecule has 1 amide bonds. The summed E-state index contributed by atoms with van der Waals surface area (Å²) in [6, 6.07) is 4.01. The SMILES string of the molecule is Cc1nn2cc1C1=NCc3ncc(cc31)-c1c(nc3ncccn13)CN(C)C(=O)CCC2. The summed E-state index contributed by atoms with van der Waals surface area (Å²) < 4.78 is 3.88. The highest BCUT2D eigenvalue weighted by atomic mass is 16.2. The molecule has 0 aliphatic carbocycles. The zero-order valence-electron chi connectivity index (χ0n) is 18.0. The number of hydrogen-bond donors (Lipinski definition) is 0. The van der Waals surface area contributed by atoms with Gasteiger partial charge in [-0.25, -0.2) is 9.97 Å². The number of aryl methyl sites for hydroxylation is 2. The summed E-state index contributed by atoms with van der Waals surface area (Å²) in [5.41, 5.74) is 7.48. The van der Waals surface area contributed by atoms with Gasteiger partial charge in [0, 0.05) is 61.5 Å². The van der Waals surface area contributed by atoms with Crippen LogP contribution in [0.2, 0.25) is 0 Å². The number of aromatic nitrogens is 6. The molecule has 6 heterocycles. The normalized spacial score (nSPS) is 16.0. The van der Waals surface area contributed by atoms with Crippen LogP contribution >= 0.6 is 0 Å². The van der Waals surface area contributed by atoms with Gasteiger partial charge in [0.25, 0.3) is 0 Å². The van der Waals surface area contributed by atoms with Crippen molar-refractivity contribution < 1.29 is 4.79 Å². The van der Waals surface area contributed by atoms with E-state index in [4.69, 9.17) is 15.0 Å². The molecule has 0 fully saturated rings. The first-order valence-electron chi connectivity index (χ1n) is 10.7. The maximum atomic E-state index is 12.8. The molecule has 4 aromatic rings. The molecule has 2 aliphatic heterocycles. The van der Waals surface area contributed by atoms with Crippen LogP contribution in [0.1, 0.15) is 41.1 Å². The van der Waals surface area contributed by atoms with Gasteiger partial charge < -0.3 is 4.90 Å². The number of carbonyl (C=O) groups excluding carboxylic acids is 1. The Morgan fingerprint density at radius 3 is 2.94 bits per heavy atom. The molecule has 0 unspecified atom stereocenters. The molecule has 4 bridgehead atoms. The van der Waals surface area contributed by atoms with Gasteiger partial charge in [-0.3, -0.25) is 23.9 Å². The summed E-state index contributed by atoms with van der Waals surface area (Å²) in [6.07, 6.45) is 8.74. The molecule has 0 aromatic carbocycles. The Morgan fingerprint density at radius 2 is 2.03 bits per heavy atom. The predicted octanol–water partition coefficient (Wildman–Crippen LogP) is 2.40. The number of hydrogen-bond acceptors (Lipinski definition) is 6. The third-order valence-electron chi connectivity index (χ3n) is 6.15. The second-order valence-electron chi connectivity index (χ2n) is 8.32.